The predicted molar refractivity (Wildman–Crippen MR) is 112 cm³/mol. The quantitative estimate of drug-likeness (QED) is 0.543. The Kier molecular flexibility index (Phi) is 7.32. The largest absolute Gasteiger partial charge is 0.462 e. The Morgan fingerprint density at radius 2 is 1.81 bits per heavy atom. The SMILES string of the molecule is CCOC(=O)c1c(NC(=S)NC2CCCCCCC2)sc2c1CCCC2. The van der Waals surface area contributed by atoms with Crippen LogP contribution in [-0.2, 0) is 17.6 Å². The van der Waals surface area contributed by atoms with Crippen molar-refractivity contribution in [2.75, 3.05) is 11.9 Å². The molecule has 0 aliphatic heterocycles. The van der Waals surface area contributed by atoms with Gasteiger partial charge in [0.2, 0.25) is 0 Å². The Bertz CT molecular complexity index is 634. The van der Waals surface area contributed by atoms with Gasteiger partial charge in [0.1, 0.15) is 5.00 Å². The summed E-state index contributed by atoms with van der Waals surface area (Å²) < 4.78 is 5.32. The number of thiophene rings is 1. The first-order valence-corrected chi connectivity index (χ1v) is 11.3. The fraction of sp³-hybridized carbons (Fsp3) is 0.700. The van der Waals surface area contributed by atoms with Crippen molar-refractivity contribution in [3.05, 3.63) is 16.0 Å². The standard InChI is InChI=1S/C20H30N2O2S2/c1-2-24-19(23)17-15-12-8-9-13-16(15)26-18(17)22-20(25)21-14-10-6-4-3-5-7-11-14/h14H,2-13H2,1H3,(H2,21,22,25). The normalized spacial score (nSPS) is 18.3. The summed E-state index contributed by atoms with van der Waals surface area (Å²) >= 11 is 7.25. The van der Waals surface area contributed by atoms with Crippen molar-refractivity contribution in [2.24, 2.45) is 0 Å². The van der Waals surface area contributed by atoms with Crippen molar-refractivity contribution in [2.45, 2.75) is 83.6 Å². The number of hydrogen-bond donors (Lipinski definition) is 2. The van der Waals surface area contributed by atoms with E-state index in [-0.39, 0.29) is 5.97 Å². The highest BCUT2D eigenvalue weighted by molar-refractivity contribution is 7.80. The number of carbonyl (C=O) groups is 1. The van der Waals surface area contributed by atoms with Gasteiger partial charge in [0, 0.05) is 10.9 Å². The first-order chi connectivity index (χ1) is 12.7. The van der Waals surface area contributed by atoms with Gasteiger partial charge < -0.3 is 15.4 Å². The molecule has 144 valence electrons. The van der Waals surface area contributed by atoms with Crippen LogP contribution < -0.4 is 10.6 Å². The van der Waals surface area contributed by atoms with E-state index in [0.29, 0.717) is 23.3 Å². The van der Waals surface area contributed by atoms with Crippen LogP contribution in [0.1, 0.15) is 85.5 Å². The Balaban J connectivity index is 1.70. The molecule has 2 aliphatic rings. The Hall–Kier alpha value is -1.14. The van der Waals surface area contributed by atoms with Gasteiger partial charge in [-0.1, -0.05) is 32.1 Å². The van der Waals surface area contributed by atoms with E-state index < -0.39 is 0 Å². The van der Waals surface area contributed by atoms with Gasteiger partial charge in [0.05, 0.1) is 12.2 Å². The number of nitrogens with one attached hydrogen (secondary N) is 2. The van der Waals surface area contributed by atoms with Gasteiger partial charge in [0.15, 0.2) is 5.11 Å². The van der Waals surface area contributed by atoms with Gasteiger partial charge in [-0.2, -0.15) is 0 Å². The highest BCUT2D eigenvalue weighted by Crippen LogP contribution is 2.38. The zero-order valence-corrected chi connectivity index (χ0v) is 17.3. The second kappa shape index (κ2) is 9.70. The third kappa shape index (κ3) is 4.97. The summed E-state index contributed by atoms with van der Waals surface area (Å²) in [5, 5.41) is 8.32. The number of thiocarbonyl (C=S) groups is 1. The first kappa shape index (κ1) is 19.6. The molecule has 0 amide bonds. The van der Waals surface area contributed by atoms with E-state index in [9.17, 15) is 4.79 Å². The molecule has 6 heteroatoms. The second-order valence-electron chi connectivity index (χ2n) is 7.28. The summed E-state index contributed by atoms with van der Waals surface area (Å²) in [6.45, 7) is 2.25. The minimum Gasteiger partial charge on any atom is -0.462 e. The molecule has 1 saturated carbocycles. The summed E-state index contributed by atoms with van der Waals surface area (Å²) in [7, 11) is 0. The van der Waals surface area contributed by atoms with Gasteiger partial charge in [0.25, 0.3) is 0 Å². The van der Waals surface area contributed by atoms with Crippen molar-refractivity contribution >= 4 is 39.6 Å². The molecular formula is C20H30N2O2S2. The molecule has 0 spiro atoms. The Morgan fingerprint density at radius 3 is 2.54 bits per heavy atom. The Labute approximate surface area is 166 Å². The molecule has 2 N–H and O–H groups in total. The van der Waals surface area contributed by atoms with E-state index in [1.54, 1.807) is 11.3 Å². The van der Waals surface area contributed by atoms with Crippen LogP contribution in [0.4, 0.5) is 5.00 Å². The van der Waals surface area contributed by atoms with Gasteiger partial charge in [-0.3, -0.25) is 0 Å². The molecule has 1 aromatic rings. The van der Waals surface area contributed by atoms with Gasteiger partial charge >= 0.3 is 5.97 Å². The molecule has 26 heavy (non-hydrogen) atoms. The topological polar surface area (TPSA) is 50.4 Å². The lowest BCUT2D eigenvalue weighted by Crippen LogP contribution is -2.38. The van der Waals surface area contributed by atoms with Crippen LogP contribution >= 0.6 is 23.6 Å². The Morgan fingerprint density at radius 1 is 1.12 bits per heavy atom. The molecular weight excluding hydrogens is 364 g/mol. The minimum atomic E-state index is -0.219. The second-order valence-corrected chi connectivity index (χ2v) is 8.79. The smallest absolute Gasteiger partial charge is 0.341 e. The molecule has 0 aromatic carbocycles. The summed E-state index contributed by atoms with van der Waals surface area (Å²) in [6, 6.07) is 0.441. The van der Waals surface area contributed by atoms with E-state index in [4.69, 9.17) is 17.0 Å². The summed E-state index contributed by atoms with van der Waals surface area (Å²) in [4.78, 5) is 13.8. The number of rotatable bonds is 4. The van der Waals surface area contributed by atoms with Gasteiger partial charge in [-0.25, -0.2) is 4.79 Å². The molecule has 3 rings (SSSR count). The lowest BCUT2D eigenvalue weighted by atomic mass is 9.95. The molecule has 2 aliphatic carbocycles. The molecule has 1 heterocycles. The van der Waals surface area contributed by atoms with Crippen molar-refractivity contribution < 1.29 is 9.53 Å². The maximum atomic E-state index is 12.5. The van der Waals surface area contributed by atoms with Crippen LogP contribution in [0.15, 0.2) is 0 Å². The lowest BCUT2D eigenvalue weighted by molar-refractivity contribution is 0.0526. The van der Waals surface area contributed by atoms with Gasteiger partial charge in [-0.05, 0) is 63.2 Å². The average Bonchev–Trinajstić information content (AvgIpc) is 2.95. The maximum Gasteiger partial charge on any atom is 0.341 e. The van der Waals surface area contributed by atoms with Crippen LogP contribution in [0, 0.1) is 0 Å². The highest BCUT2D eigenvalue weighted by atomic mass is 32.1. The number of carbonyl (C=O) groups excluding carboxylic acids is 1. The molecule has 1 fully saturated rings. The van der Waals surface area contributed by atoms with E-state index in [1.165, 1.54) is 61.8 Å². The van der Waals surface area contributed by atoms with E-state index >= 15 is 0 Å². The van der Waals surface area contributed by atoms with E-state index in [1.807, 2.05) is 6.92 Å². The maximum absolute atomic E-state index is 12.5. The number of anilines is 1. The summed E-state index contributed by atoms with van der Waals surface area (Å²) in [6.07, 6.45) is 13.2. The number of aryl methyl sites for hydroxylation is 1. The summed E-state index contributed by atoms with van der Waals surface area (Å²) in [5.41, 5.74) is 1.89. The molecule has 0 atom stereocenters. The number of fused-ring (bicyclic) bond motifs is 1. The first-order valence-electron chi connectivity index (χ1n) is 10.1. The zero-order chi connectivity index (χ0) is 18.4. The average molecular weight is 395 g/mol. The van der Waals surface area contributed by atoms with E-state index in [2.05, 4.69) is 10.6 Å². The summed E-state index contributed by atoms with van der Waals surface area (Å²) in [5.74, 6) is -0.219. The number of hydrogen-bond acceptors (Lipinski definition) is 4. The zero-order valence-electron chi connectivity index (χ0n) is 15.7. The van der Waals surface area contributed by atoms with E-state index in [0.717, 1.165) is 24.3 Å². The van der Waals surface area contributed by atoms with Crippen molar-refractivity contribution in [3.8, 4) is 0 Å². The molecule has 1 aromatic heterocycles. The predicted octanol–water partition coefficient (Wildman–Crippen LogP) is 5.20. The third-order valence-corrected chi connectivity index (χ3v) is 6.75. The number of esters is 1. The monoisotopic (exact) mass is 394 g/mol. The van der Waals surface area contributed by atoms with Crippen LogP contribution in [0.25, 0.3) is 0 Å². The molecule has 0 radical (unpaired) electrons. The minimum absolute atomic E-state index is 0.219. The van der Waals surface area contributed by atoms with Crippen molar-refractivity contribution in [1.82, 2.24) is 5.32 Å². The number of ether oxygens (including phenoxy) is 1. The fourth-order valence-electron chi connectivity index (χ4n) is 4.00. The molecule has 4 nitrogen and oxygen atoms in total. The molecule has 0 bridgehead atoms. The molecule has 0 saturated heterocycles. The van der Waals surface area contributed by atoms with Crippen molar-refractivity contribution in [1.29, 1.82) is 0 Å². The fourth-order valence-corrected chi connectivity index (χ4v) is 5.61. The van der Waals surface area contributed by atoms with Crippen LogP contribution in [0.2, 0.25) is 0 Å². The highest BCUT2D eigenvalue weighted by Gasteiger charge is 2.27. The van der Waals surface area contributed by atoms with Gasteiger partial charge in [-0.15, -0.1) is 11.3 Å². The molecule has 0 unspecified atom stereocenters. The lowest BCUT2D eigenvalue weighted by Gasteiger charge is -2.22. The third-order valence-electron chi connectivity index (χ3n) is 5.32. The van der Waals surface area contributed by atoms with Crippen molar-refractivity contribution in [3.63, 3.8) is 0 Å². The van der Waals surface area contributed by atoms with Crippen LogP contribution in [0.5, 0.6) is 0 Å². The van der Waals surface area contributed by atoms with Crippen LogP contribution in [0.3, 0.4) is 0 Å². The van der Waals surface area contributed by atoms with Crippen LogP contribution in [-0.4, -0.2) is 23.7 Å².